The Hall–Kier alpha value is -1.92. The topological polar surface area (TPSA) is 40.5 Å². The molecule has 0 unspecified atom stereocenters. The van der Waals surface area contributed by atoms with Crippen LogP contribution in [-0.2, 0) is 11.2 Å². The first kappa shape index (κ1) is 25.3. The summed E-state index contributed by atoms with van der Waals surface area (Å²) in [7, 11) is 0. The van der Waals surface area contributed by atoms with Crippen molar-refractivity contribution in [2.24, 2.45) is 0 Å². The summed E-state index contributed by atoms with van der Waals surface area (Å²) in [6.07, 6.45) is 8.51. The van der Waals surface area contributed by atoms with E-state index >= 15 is 0 Å². The Morgan fingerprint density at radius 1 is 0.516 bits per heavy atom. The Labute approximate surface area is 181 Å². The number of aliphatic hydroxyl groups is 2. The fraction of sp³-hybridized carbons (Fsp3) is 0.520. The van der Waals surface area contributed by atoms with Crippen LogP contribution < -0.4 is 0 Å². The van der Waals surface area contributed by atoms with Crippen molar-refractivity contribution in [2.75, 3.05) is 0 Å². The molecule has 0 atom stereocenters. The van der Waals surface area contributed by atoms with E-state index in [1.165, 1.54) is 12.1 Å². The van der Waals surface area contributed by atoms with Crippen molar-refractivity contribution in [1.29, 1.82) is 0 Å². The molecule has 0 saturated heterocycles. The summed E-state index contributed by atoms with van der Waals surface area (Å²) >= 11 is 0. The summed E-state index contributed by atoms with van der Waals surface area (Å²) in [5.74, 6) is -3.49. The van der Waals surface area contributed by atoms with E-state index in [-0.39, 0.29) is 7.43 Å². The van der Waals surface area contributed by atoms with Crippen molar-refractivity contribution in [1.82, 2.24) is 0 Å². The molecule has 6 heteroatoms. The van der Waals surface area contributed by atoms with Gasteiger partial charge in [0, 0.05) is 0 Å². The summed E-state index contributed by atoms with van der Waals surface area (Å²) in [5.41, 5.74) is -0.901. The van der Waals surface area contributed by atoms with Crippen LogP contribution in [0.3, 0.4) is 0 Å². The zero-order valence-electron chi connectivity index (χ0n) is 16.9. The van der Waals surface area contributed by atoms with Gasteiger partial charge in [-0.1, -0.05) is 58.1 Å². The minimum absolute atomic E-state index is 0. The Bertz CT molecular complexity index is 785. The van der Waals surface area contributed by atoms with Crippen molar-refractivity contribution in [3.05, 3.63) is 70.8 Å². The molecule has 31 heavy (non-hydrogen) atoms. The van der Waals surface area contributed by atoms with Crippen LogP contribution >= 0.6 is 0 Å². The van der Waals surface area contributed by atoms with E-state index in [1.807, 2.05) is 0 Å². The molecule has 2 saturated carbocycles. The van der Waals surface area contributed by atoms with Crippen LogP contribution in [-0.4, -0.2) is 10.2 Å². The van der Waals surface area contributed by atoms with E-state index in [0.717, 1.165) is 62.8 Å². The van der Waals surface area contributed by atoms with Crippen molar-refractivity contribution >= 4 is 0 Å². The van der Waals surface area contributed by atoms with Gasteiger partial charge < -0.3 is 10.2 Å². The van der Waals surface area contributed by atoms with Crippen molar-refractivity contribution in [3.63, 3.8) is 0 Å². The standard InChI is InChI=1S/2C12H14F2O.CH4/c2*13-10-5-4-9(8-11(10)14)12(15)6-2-1-3-7-12;/h2*4-5,8,15H,1-3,6-7H2;1H4. The molecular formula is C25H32F4O2. The van der Waals surface area contributed by atoms with E-state index in [2.05, 4.69) is 0 Å². The molecule has 0 heterocycles. The number of hydrogen-bond donors (Lipinski definition) is 2. The lowest BCUT2D eigenvalue weighted by atomic mass is 9.80. The number of benzene rings is 2. The van der Waals surface area contributed by atoms with Gasteiger partial charge in [-0.3, -0.25) is 0 Å². The van der Waals surface area contributed by atoms with Crippen LogP contribution in [0.15, 0.2) is 36.4 Å². The molecule has 4 rings (SSSR count). The van der Waals surface area contributed by atoms with Gasteiger partial charge in [-0.05, 0) is 61.1 Å². The molecule has 2 aromatic carbocycles. The maximum Gasteiger partial charge on any atom is 0.159 e. The first-order valence-corrected chi connectivity index (χ1v) is 10.6. The summed E-state index contributed by atoms with van der Waals surface area (Å²) in [6, 6.07) is 7.34. The molecule has 2 fully saturated rings. The lowest BCUT2D eigenvalue weighted by molar-refractivity contribution is -0.00130. The normalized spacial score (nSPS) is 19.5. The average molecular weight is 441 g/mol. The number of halogens is 4. The van der Waals surface area contributed by atoms with Crippen LogP contribution in [0.4, 0.5) is 17.6 Å². The highest BCUT2D eigenvalue weighted by Crippen LogP contribution is 2.38. The van der Waals surface area contributed by atoms with Crippen LogP contribution in [0.1, 0.15) is 82.8 Å². The minimum atomic E-state index is -0.952. The Balaban J connectivity index is 0.000000213. The molecule has 0 amide bonds. The molecule has 0 bridgehead atoms. The fourth-order valence-electron chi connectivity index (χ4n) is 4.42. The maximum absolute atomic E-state index is 13.0. The SMILES string of the molecule is C.OC1(c2ccc(F)c(F)c2)CCCCC1.OC1(c2ccc(F)c(F)c2)CCCCC1. The first-order chi connectivity index (χ1) is 14.2. The van der Waals surface area contributed by atoms with Crippen molar-refractivity contribution in [3.8, 4) is 0 Å². The van der Waals surface area contributed by atoms with Crippen molar-refractivity contribution in [2.45, 2.75) is 82.8 Å². The van der Waals surface area contributed by atoms with Gasteiger partial charge in [-0.2, -0.15) is 0 Å². The largest absolute Gasteiger partial charge is 0.385 e. The predicted octanol–water partition coefficient (Wildman–Crippen LogP) is 6.87. The monoisotopic (exact) mass is 440 g/mol. The van der Waals surface area contributed by atoms with E-state index in [0.29, 0.717) is 36.8 Å². The third-order valence-electron chi connectivity index (χ3n) is 6.28. The predicted molar refractivity (Wildman–Crippen MR) is 113 cm³/mol. The molecule has 2 N–H and O–H groups in total. The second-order valence-electron chi connectivity index (χ2n) is 8.44. The van der Waals surface area contributed by atoms with Gasteiger partial charge in [0.15, 0.2) is 23.3 Å². The molecule has 2 nitrogen and oxygen atoms in total. The zero-order chi connectivity index (χ0) is 21.8. The van der Waals surface area contributed by atoms with E-state index in [4.69, 9.17) is 0 Å². The number of hydrogen-bond acceptors (Lipinski definition) is 2. The quantitative estimate of drug-likeness (QED) is 0.500. The third-order valence-corrected chi connectivity index (χ3v) is 6.28. The zero-order valence-corrected chi connectivity index (χ0v) is 16.9. The molecule has 2 aromatic rings. The second-order valence-corrected chi connectivity index (χ2v) is 8.44. The molecule has 0 radical (unpaired) electrons. The lowest BCUT2D eigenvalue weighted by Crippen LogP contribution is -2.28. The van der Waals surface area contributed by atoms with Gasteiger partial charge in [0.1, 0.15) is 0 Å². The molecule has 2 aliphatic carbocycles. The van der Waals surface area contributed by atoms with Gasteiger partial charge in [0.25, 0.3) is 0 Å². The van der Waals surface area contributed by atoms with Crippen molar-refractivity contribution < 1.29 is 27.8 Å². The van der Waals surface area contributed by atoms with Gasteiger partial charge in [-0.25, -0.2) is 17.6 Å². The maximum atomic E-state index is 13.0. The van der Waals surface area contributed by atoms with Gasteiger partial charge in [-0.15, -0.1) is 0 Å². The average Bonchev–Trinajstić information content (AvgIpc) is 2.73. The van der Waals surface area contributed by atoms with Gasteiger partial charge in [0.2, 0.25) is 0 Å². The molecule has 2 aliphatic rings. The Morgan fingerprint density at radius 3 is 1.13 bits per heavy atom. The smallest absolute Gasteiger partial charge is 0.159 e. The second kappa shape index (κ2) is 10.6. The highest BCUT2D eigenvalue weighted by Gasteiger charge is 2.32. The third kappa shape index (κ3) is 6.07. The van der Waals surface area contributed by atoms with E-state index in [1.54, 1.807) is 0 Å². The van der Waals surface area contributed by atoms with E-state index in [9.17, 15) is 27.8 Å². The summed E-state index contributed by atoms with van der Waals surface area (Å²) in [5, 5.41) is 20.5. The molecule has 0 aliphatic heterocycles. The Kier molecular flexibility index (Phi) is 8.66. The minimum Gasteiger partial charge on any atom is -0.385 e. The molecule has 0 aromatic heterocycles. The summed E-state index contributed by atoms with van der Waals surface area (Å²) in [6.45, 7) is 0. The molecule has 172 valence electrons. The van der Waals surface area contributed by atoms with E-state index < -0.39 is 34.5 Å². The molecular weight excluding hydrogens is 408 g/mol. The van der Waals surface area contributed by atoms with Crippen LogP contribution in [0.2, 0.25) is 0 Å². The Morgan fingerprint density at radius 2 is 0.839 bits per heavy atom. The van der Waals surface area contributed by atoms with Gasteiger partial charge in [0.05, 0.1) is 11.2 Å². The fourth-order valence-corrected chi connectivity index (χ4v) is 4.42. The molecule has 0 spiro atoms. The highest BCUT2D eigenvalue weighted by atomic mass is 19.2. The number of rotatable bonds is 2. The summed E-state index contributed by atoms with van der Waals surface area (Å²) in [4.78, 5) is 0. The summed E-state index contributed by atoms with van der Waals surface area (Å²) < 4.78 is 51.5. The van der Waals surface area contributed by atoms with Crippen LogP contribution in [0.5, 0.6) is 0 Å². The highest BCUT2D eigenvalue weighted by molar-refractivity contribution is 5.25. The van der Waals surface area contributed by atoms with Crippen LogP contribution in [0, 0.1) is 23.3 Å². The lowest BCUT2D eigenvalue weighted by Gasteiger charge is -2.32. The van der Waals surface area contributed by atoms with Gasteiger partial charge >= 0.3 is 0 Å². The first-order valence-electron chi connectivity index (χ1n) is 10.6. The van der Waals surface area contributed by atoms with Crippen LogP contribution in [0.25, 0.3) is 0 Å².